The van der Waals surface area contributed by atoms with E-state index in [0.717, 1.165) is 18.6 Å². The Bertz CT molecular complexity index is 757. The van der Waals surface area contributed by atoms with Gasteiger partial charge in [-0.15, -0.1) is 0 Å². The van der Waals surface area contributed by atoms with Crippen molar-refractivity contribution < 1.29 is 41.0 Å². The molecule has 0 spiro atoms. The Morgan fingerprint density at radius 2 is 0.846 bits per heavy atom. The second-order valence-electron chi connectivity index (χ2n) is 9.24. The molecule has 0 aliphatic carbocycles. The number of hydrogen-bond donors (Lipinski definition) is 0. The Balaban J connectivity index is 1.72. The summed E-state index contributed by atoms with van der Waals surface area (Å²) in [6.07, 6.45) is 10.5. The van der Waals surface area contributed by atoms with E-state index < -0.39 is 10.1 Å². The Hall–Kier alpha value is -1.11. The van der Waals surface area contributed by atoms with Crippen molar-refractivity contribution in [1.82, 2.24) is 0 Å². The molecule has 0 aromatic heterocycles. The van der Waals surface area contributed by atoms with Gasteiger partial charge in [-0.05, 0) is 25.5 Å². The third-order valence-electron chi connectivity index (χ3n) is 5.78. The smallest absolute Gasteiger partial charge is 0.297 e. The van der Waals surface area contributed by atoms with Crippen LogP contribution in [0.5, 0.6) is 0 Å². The number of aryl methyl sites for hydroxylation is 1. The first-order valence-corrected chi connectivity index (χ1v) is 15.9. The molecule has 228 valence electrons. The summed E-state index contributed by atoms with van der Waals surface area (Å²) in [6.45, 7) is 10.0. The first-order valence-electron chi connectivity index (χ1n) is 14.5. The van der Waals surface area contributed by atoms with Gasteiger partial charge in [-0.2, -0.15) is 8.42 Å². The lowest BCUT2D eigenvalue weighted by Gasteiger charge is -2.09. The predicted molar refractivity (Wildman–Crippen MR) is 152 cm³/mol. The van der Waals surface area contributed by atoms with Crippen molar-refractivity contribution in [2.75, 3.05) is 85.9 Å². The van der Waals surface area contributed by atoms with E-state index in [-0.39, 0.29) is 18.1 Å². The molecule has 0 saturated carbocycles. The van der Waals surface area contributed by atoms with Crippen LogP contribution in [0.25, 0.3) is 0 Å². The minimum atomic E-state index is -3.76. The molecule has 10 heteroatoms. The highest BCUT2D eigenvalue weighted by molar-refractivity contribution is 7.86. The molecule has 0 aliphatic heterocycles. The fourth-order valence-corrected chi connectivity index (χ4v) is 4.41. The molecule has 0 radical (unpaired) electrons. The minimum absolute atomic E-state index is 0.0442. The average molecular weight is 577 g/mol. The van der Waals surface area contributed by atoms with E-state index in [1.165, 1.54) is 57.1 Å². The normalized spacial score (nSPS) is 11.8. The van der Waals surface area contributed by atoms with E-state index in [1.54, 1.807) is 12.1 Å². The summed E-state index contributed by atoms with van der Waals surface area (Å²) in [5, 5.41) is 0. The summed E-state index contributed by atoms with van der Waals surface area (Å²) in [6, 6.07) is 6.51. The van der Waals surface area contributed by atoms with Crippen LogP contribution in [0.1, 0.15) is 63.9 Å². The number of ether oxygens (including phenoxy) is 6. The Kier molecular flexibility index (Phi) is 23.8. The van der Waals surface area contributed by atoms with Gasteiger partial charge in [0.25, 0.3) is 10.1 Å². The molecular formula is C29H52O9S. The summed E-state index contributed by atoms with van der Waals surface area (Å²) < 4.78 is 61.9. The van der Waals surface area contributed by atoms with Gasteiger partial charge in [-0.1, -0.05) is 69.6 Å². The lowest BCUT2D eigenvalue weighted by Crippen LogP contribution is -2.15. The van der Waals surface area contributed by atoms with E-state index in [1.807, 2.05) is 6.92 Å². The molecule has 1 aromatic rings. The van der Waals surface area contributed by atoms with Gasteiger partial charge < -0.3 is 28.4 Å². The quantitative estimate of drug-likeness (QED) is 0.0970. The maximum absolute atomic E-state index is 12.0. The third kappa shape index (κ3) is 22.3. The van der Waals surface area contributed by atoms with Crippen molar-refractivity contribution >= 4 is 10.1 Å². The van der Waals surface area contributed by atoms with E-state index in [4.69, 9.17) is 32.6 Å². The van der Waals surface area contributed by atoms with Crippen LogP contribution in [-0.4, -0.2) is 94.3 Å². The highest BCUT2D eigenvalue weighted by Crippen LogP contribution is 2.13. The summed E-state index contributed by atoms with van der Waals surface area (Å²) in [5.74, 6) is 0. The maximum Gasteiger partial charge on any atom is 0.297 e. The zero-order chi connectivity index (χ0) is 28.3. The zero-order valence-corrected chi connectivity index (χ0v) is 25.1. The standard InChI is InChI=1S/C29H52O9S/c1-3-4-5-6-7-8-9-10-15-32-16-17-33-18-19-34-20-21-35-22-23-36-24-25-37-26-27-38-39(30,31)29-13-11-28(2)12-14-29/h11-14H,3-10,15-27H2,1-2H3. The Morgan fingerprint density at radius 3 is 1.28 bits per heavy atom. The molecule has 0 bridgehead atoms. The molecule has 0 N–H and O–H groups in total. The molecule has 1 rings (SSSR count). The monoisotopic (exact) mass is 576 g/mol. The van der Waals surface area contributed by atoms with E-state index in [2.05, 4.69) is 6.92 Å². The molecule has 0 amide bonds. The molecule has 0 fully saturated rings. The molecule has 9 nitrogen and oxygen atoms in total. The predicted octanol–water partition coefficient (Wildman–Crippen LogP) is 4.94. The number of rotatable bonds is 29. The molecule has 0 atom stereocenters. The van der Waals surface area contributed by atoms with Crippen LogP contribution in [0.3, 0.4) is 0 Å². The topological polar surface area (TPSA) is 98.8 Å². The lowest BCUT2D eigenvalue weighted by atomic mass is 10.1. The van der Waals surface area contributed by atoms with Crippen LogP contribution in [-0.2, 0) is 42.7 Å². The average Bonchev–Trinajstić information content (AvgIpc) is 2.93. The van der Waals surface area contributed by atoms with Gasteiger partial charge in [-0.25, -0.2) is 0 Å². The Labute approximate surface area is 236 Å². The van der Waals surface area contributed by atoms with Crippen LogP contribution in [0.2, 0.25) is 0 Å². The van der Waals surface area contributed by atoms with Crippen molar-refractivity contribution in [3.05, 3.63) is 29.8 Å². The third-order valence-corrected chi connectivity index (χ3v) is 7.10. The Morgan fingerprint density at radius 1 is 0.487 bits per heavy atom. The van der Waals surface area contributed by atoms with Gasteiger partial charge in [0.1, 0.15) is 0 Å². The molecule has 1 aromatic carbocycles. The summed E-state index contributed by atoms with van der Waals surface area (Å²) >= 11 is 0. The number of unbranched alkanes of at least 4 members (excludes halogenated alkanes) is 7. The SMILES string of the molecule is CCCCCCCCCCOCCOCCOCCOCCOCCOCCOS(=O)(=O)c1ccc(C)cc1. The highest BCUT2D eigenvalue weighted by Gasteiger charge is 2.14. The molecule has 39 heavy (non-hydrogen) atoms. The van der Waals surface area contributed by atoms with Crippen LogP contribution in [0, 0.1) is 6.92 Å². The van der Waals surface area contributed by atoms with Crippen molar-refractivity contribution in [3.8, 4) is 0 Å². The molecule has 0 unspecified atom stereocenters. The van der Waals surface area contributed by atoms with E-state index in [0.29, 0.717) is 66.1 Å². The maximum atomic E-state index is 12.0. The number of hydrogen-bond acceptors (Lipinski definition) is 9. The zero-order valence-electron chi connectivity index (χ0n) is 24.2. The van der Waals surface area contributed by atoms with E-state index in [9.17, 15) is 8.42 Å². The highest BCUT2D eigenvalue weighted by atomic mass is 32.2. The summed E-state index contributed by atoms with van der Waals surface area (Å²) in [4.78, 5) is 0.139. The van der Waals surface area contributed by atoms with Crippen molar-refractivity contribution in [1.29, 1.82) is 0 Å². The second-order valence-corrected chi connectivity index (χ2v) is 10.9. The molecular weight excluding hydrogens is 524 g/mol. The van der Waals surface area contributed by atoms with Crippen LogP contribution in [0.4, 0.5) is 0 Å². The second kappa shape index (κ2) is 25.8. The van der Waals surface area contributed by atoms with Crippen LogP contribution >= 0.6 is 0 Å². The fourth-order valence-electron chi connectivity index (χ4n) is 3.52. The molecule has 0 saturated heterocycles. The van der Waals surface area contributed by atoms with Crippen LogP contribution in [0.15, 0.2) is 29.2 Å². The van der Waals surface area contributed by atoms with Crippen LogP contribution < -0.4 is 0 Å². The summed E-state index contributed by atoms with van der Waals surface area (Å²) in [7, 11) is -3.76. The lowest BCUT2D eigenvalue weighted by molar-refractivity contribution is -0.0178. The van der Waals surface area contributed by atoms with Gasteiger partial charge in [0.05, 0.1) is 84.2 Å². The number of benzene rings is 1. The molecule has 0 heterocycles. The van der Waals surface area contributed by atoms with Gasteiger partial charge in [0.2, 0.25) is 0 Å². The van der Waals surface area contributed by atoms with Gasteiger partial charge >= 0.3 is 0 Å². The van der Waals surface area contributed by atoms with Crippen molar-refractivity contribution in [2.24, 2.45) is 0 Å². The van der Waals surface area contributed by atoms with Gasteiger partial charge in [-0.3, -0.25) is 4.18 Å². The fraction of sp³-hybridized carbons (Fsp3) is 0.793. The first kappa shape index (κ1) is 35.9. The first-order chi connectivity index (χ1) is 19.1. The molecule has 0 aliphatic rings. The van der Waals surface area contributed by atoms with Crippen molar-refractivity contribution in [3.63, 3.8) is 0 Å². The van der Waals surface area contributed by atoms with Crippen molar-refractivity contribution in [2.45, 2.75) is 70.1 Å². The summed E-state index contributed by atoms with van der Waals surface area (Å²) in [5.41, 5.74) is 0.984. The minimum Gasteiger partial charge on any atom is -0.379 e. The van der Waals surface area contributed by atoms with Gasteiger partial charge in [0.15, 0.2) is 0 Å². The van der Waals surface area contributed by atoms with Gasteiger partial charge in [0, 0.05) is 6.61 Å². The largest absolute Gasteiger partial charge is 0.379 e. The van der Waals surface area contributed by atoms with E-state index >= 15 is 0 Å².